The Morgan fingerprint density at radius 3 is 3.05 bits per heavy atom. The van der Waals surface area contributed by atoms with Crippen molar-refractivity contribution in [3.63, 3.8) is 0 Å². The quantitative estimate of drug-likeness (QED) is 0.831. The molecule has 102 valence electrons. The van der Waals surface area contributed by atoms with E-state index in [9.17, 15) is 4.79 Å². The average Bonchev–Trinajstić information content (AvgIpc) is 2.96. The van der Waals surface area contributed by atoms with Crippen LogP contribution in [0.1, 0.15) is 19.4 Å². The maximum atomic E-state index is 11.8. The Kier molecular flexibility index (Phi) is 3.23. The van der Waals surface area contributed by atoms with Gasteiger partial charge in [0.15, 0.2) is 0 Å². The van der Waals surface area contributed by atoms with Gasteiger partial charge < -0.3 is 5.32 Å². The van der Waals surface area contributed by atoms with E-state index in [4.69, 9.17) is 0 Å². The van der Waals surface area contributed by atoms with E-state index in [1.54, 1.807) is 17.4 Å². The highest BCUT2D eigenvalue weighted by atomic mass is 32.1. The number of nitrogens with zero attached hydrogens (tertiary/aromatic N) is 2. The van der Waals surface area contributed by atoms with Crippen molar-refractivity contribution >= 4 is 39.5 Å². The summed E-state index contributed by atoms with van der Waals surface area (Å²) in [6, 6.07) is 6.14. The lowest BCUT2D eigenvalue weighted by Crippen LogP contribution is -2.39. The Labute approximate surface area is 120 Å². The summed E-state index contributed by atoms with van der Waals surface area (Å²) in [6.07, 6.45) is 1.77. The van der Waals surface area contributed by atoms with E-state index in [0.29, 0.717) is 11.7 Å². The van der Waals surface area contributed by atoms with Crippen molar-refractivity contribution in [2.75, 3.05) is 0 Å². The lowest BCUT2D eigenvalue weighted by atomic mass is 10.2. The lowest BCUT2D eigenvalue weighted by Gasteiger charge is -2.07. The number of amides is 1. The van der Waals surface area contributed by atoms with Crippen molar-refractivity contribution in [1.82, 2.24) is 15.6 Å². The molecule has 0 fully saturated rings. The first-order chi connectivity index (χ1) is 9.61. The van der Waals surface area contributed by atoms with E-state index < -0.39 is 0 Å². The zero-order chi connectivity index (χ0) is 14.1. The fraction of sp³-hybridized carbons (Fsp3) is 0.214. The van der Waals surface area contributed by atoms with Crippen molar-refractivity contribution in [3.05, 3.63) is 35.0 Å². The third-order valence-electron chi connectivity index (χ3n) is 2.78. The monoisotopic (exact) mass is 286 g/mol. The number of aromatic nitrogens is 1. The largest absolute Gasteiger partial charge is 0.354 e. The molecule has 5 nitrogen and oxygen atoms in total. The number of nitrogens with one attached hydrogen (secondary N) is 2. The van der Waals surface area contributed by atoms with Crippen molar-refractivity contribution in [2.24, 2.45) is 4.99 Å². The Balaban J connectivity index is 1.90. The standard InChI is InChI=1S/C14H14N4OS/c1-8(2)16-14-17-11(13(19)18-14)6-9-3-4-12-10(5-9)15-7-20-12/h3-8H,1-2H3,(H2,16,17,18,19). The number of carbonyl (C=O) groups is 1. The van der Waals surface area contributed by atoms with Crippen LogP contribution in [-0.2, 0) is 4.79 Å². The second kappa shape index (κ2) is 5.05. The van der Waals surface area contributed by atoms with Gasteiger partial charge in [-0.2, -0.15) is 0 Å². The fourth-order valence-corrected chi connectivity index (χ4v) is 2.59. The predicted molar refractivity (Wildman–Crippen MR) is 81.4 cm³/mol. The number of fused-ring (bicyclic) bond motifs is 1. The van der Waals surface area contributed by atoms with Gasteiger partial charge in [-0.1, -0.05) is 6.07 Å². The molecule has 1 aromatic heterocycles. The number of carbonyl (C=O) groups excluding carboxylic acids is 1. The number of thiazole rings is 1. The van der Waals surface area contributed by atoms with Crippen molar-refractivity contribution < 1.29 is 4.79 Å². The first-order valence-electron chi connectivity index (χ1n) is 6.33. The Morgan fingerprint density at radius 1 is 1.40 bits per heavy atom. The van der Waals surface area contributed by atoms with Gasteiger partial charge in [-0.05, 0) is 37.6 Å². The smallest absolute Gasteiger partial charge is 0.276 e. The van der Waals surface area contributed by atoms with E-state index in [0.717, 1.165) is 15.8 Å². The van der Waals surface area contributed by atoms with Gasteiger partial charge in [0, 0.05) is 6.04 Å². The summed E-state index contributed by atoms with van der Waals surface area (Å²) in [5, 5.41) is 5.79. The highest BCUT2D eigenvalue weighted by Crippen LogP contribution is 2.21. The average molecular weight is 286 g/mol. The molecule has 0 saturated heterocycles. The maximum absolute atomic E-state index is 11.8. The number of guanidine groups is 1. The summed E-state index contributed by atoms with van der Waals surface area (Å²) in [6.45, 7) is 3.99. The minimum atomic E-state index is -0.188. The molecule has 1 amide bonds. The molecule has 2 heterocycles. The van der Waals surface area contributed by atoms with Gasteiger partial charge in [0.25, 0.3) is 5.91 Å². The molecule has 1 aliphatic heterocycles. The molecular formula is C14H14N4OS. The molecule has 0 saturated carbocycles. The van der Waals surface area contributed by atoms with Crippen LogP contribution in [-0.4, -0.2) is 22.9 Å². The van der Waals surface area contributed by atoms with E-state index in [1.807, 2.05) is 37.6 Å². The van der Waals surface area contributed by atoms with Crippen LogP contribution >= 0.6 is 11.3 Å². The minimum Gasteiger partial charge on any atom is -0.354 e. The zero-order valence-corrected chi connectivity index (χ0v) is 12.0. The molecule has 3 rings (SSSR count). The van der Waals surface area contributed by atoms with E-state index in [2.05, 4.69) is 20.6 Å². The van der Waals surface area contributed by atoms with Crippen LogP contribution < -0.4 is 10.6 Å². The number of rotatable bonds is 2. The van der Waals surface area contributed by atoms with Crippen molar-refractivity contribution in [2.45, 2.75) is 19.9 Å². The van der Waals surface area contributed by atoms with Crippen LogP contribution in [0.3, 0.4) is 0 Å². The molecule has 0 unspecified atom stereocenters. The topological polar surface area (TPSA) is 66.4 Å². The molecule has 1 aromatic carbocycles. The molecule has 0 radical (unpaired) electrons. The number of hydrogen-bond donors (Lipinski definition) is 2. The van der Waals surface area contributed by atoms with Crippen LogP contribution in [0.25, 0.3) is 16.3 Å². The molecular weight excluding hydrogens is 272 g/mol. The van der Waals surface area contributed by atoms with Crippen LogP contribution in [0.15, 0.2) is 34.4 Å². The number of hydrogen-bond acceptors (Lipinski definition) is 5. The summed E-state index contributed by atoms with van der Waals surface area (Å²) in [7, 11) is 0. The molecule has 0 atom stereocenters. The number of benzene rings is 1. The fourth-order valence-electron chi connectivity index (χ4n) is 1.93. The third kappa shape index (κ3) is 2.55. The molecule has 0 bridgehead atoms. The van der Waals surface area contributed by atoms with E-state index in [1.165, 1.54) is 0 Å². The summed E-state index contributed by atoms with van der Waals surface area (Å²) < 4.78 is 1.13. The second-order valence-electron chi connectivity index (χ2n) is 4.82. The Hall–Kier alpha value is -2.21. The molecule has 0 aliphatic carbocycles. The predicted octanol–water partition coefficient (Wildman–Crippen LogP) is 2.12. The van der Waals surface area contributed by atoms with Gasteiger partial charge in [0.1, 0.15) is 5.70 Å². The zero-order valence-electron chi connectivity index (χ0n) is 11.2. The summed E-state index contributed by atoms with van der Waals surface area (Å²) in [4.78, 5) is 20.4. The van der Waals surface area contributed by atoms with Crippen molar-refractivity contribution in [3.8, 4) is 0 Å². The maximum Gasteiger partial charge on any atom is 0.276 e. The Bertz CT molecular complexity index is 730. The highest BCUT2D eigenvalue weighted by molar-refractivity contribution is 7.16. The first-order valence-corrected chi connectivity index (χ1v) is 7.21. The van der Waals surface area contributed by atoms with Crippen LogP contribution in [0.2, 0.25) is 0 Å². The first kappa shape index (κ1) is 12.8. The van der Waals surface area contributed by atoms with Gasteiger partial charge in [-0.25, -0.2) is 9.98 Å². The molecule has 6 heteroatoms. The van der Waals surface area contributed by atoms with Crippen LogP contribution in [0, 0.1) is 0 Å². The summed E-state index contributed by atoms with van der Waals surface area (Å²) in [5.41, 5.74) is 4.07. The van der Waals surface area contributed by atoms with Gasteiger partial charge in [0.2, 0.25) is 5.96 Å². The van der Waals surface area contributed by atoms with Crippen LogP contribution in [0.5, 0.6) is 0 Å². The Morgan fingerprint density at radius 2 is 2.25 bits per heavy atom. The van der Waals surface area contributed by atoms with Gasteiger partial charge in [-0.15, -0.1) is 11.3 Å². The molecule has 20 heavy (non-hydrogen) atoms. The molecule has 0 spiro atoms. The van der Waals surface area contributed by atoms with E-state index >= 15 is 0 Å². The lowest BCUT2D eigenvalue weighted by molar-refractivity contribution is -0.115. The van der Waals surface area contributed by atoms with Gasteiger partial charge >= 0.3 is 0 Å². The van der Waals surface area contributed by atoms with E-state index in [-0.39, 0.29) is 11.9 Å². The SMILES string of the molecule is CC(C)NC1=NC(=Cc2ccc3scnc3c2)C(=O)N1. The normalized spacial score (nSPS) is 16.9. The highest BCUT2D eigenvalue weighted by Gasteiger charge is 2.20. The second-order valence-corrected chi connectivity index (χ2v) is 5.71. The molecule has 1 aliphatic rings. The summed E-state index contributed by atoms with van der Waals surface area (Å²) >= 11 is 1.60. The van der Waals surface area contributed by atoms with Crippen molar-refractivity contribution in [1.29, 1.82) is 0 Å². The number of aliphatic imine (C=N–C) groups is 1. The van der Waals surface area contributed by atoms with Crippen LogP contribution in [0.4, 0.5) is 0 Å². The third-order valence-corrected chi connectivity index (χ3v) is 3.59. The van der Waals surface area contributed by atoms with Gasteiger partial charge in [-0.3, -0.25) is 10.1 Å². The summed E-state index contributed by atoms with van der Waals surface area (Å²) in [5.74, 6) is 0.317. The van der Waals surface area contributed by atoms with Gasteiger partial charge in [0.05, 0.1) is 15.7 Å². The molecule has 2 aromatic rings. The molecule has 2 N–H and O–H groups in total. The minimum absolute atomic E-state index is 0.188.